The fraction of sp³-hybridized carbons (Fsp3) is 0.435. The first-order chi connectivity index (χ1) is 14.6. The van der Waals surface area contributed by atoms with Crippen LogP contribution >= 0.6 is 0 Å². The molecule has 0 radical (unpaired) electrons. The molecule has 1 heterocycles. The van der Waals surface area contributed by atoms with E-state index in [1.807, 2.05) is 19.9 Å². The second-order valence-corrected chi connectivity index (χ2v) is 10.0. The van der Waals surface area contributed by atoms with Crippen LogP contribution in [0.15, 0.2) is 41.3 Å². The Labute approximate surface area is 185 Å². The molecule has 0 saturated carbocycles. The molecule has 1 amide bonds. The third kappa shape index (κ3) is 4.85. The van der Waals surface area contributed by atoms with Crippen molar-refractivity contribution in [1.82, 2.24) is 9.62 Å². The first-order valence-electron chi connectivity index (χ1n) is 10.5. The average molecular weight is 446 g/mol. The number of amides is 1. The molecule has 2 aromatic rings. The van der Waals surface area contributed by atoms with Crippen LogP contribution in [0, 0.1) is 13.8 Å². The molecular formula is C23H31N3O4S. The maximum absolute atomic E-state index is 13.3. The average Bonchev–Trinajstić information content (AvgIpc) is 2.74. The summed E-state index contributed by atoms with van der Waals surface area (Å²) in [5.41, 5.74) is 3.80. The number of piperazine rings is 1. The monoisotopic (exact) mass is 445 g/mol. The van der Waals surface area contributed by atoms with Gasteiger partial charge in [0.25, 0.3) is 5.91 Å². The van der Waals surface area contributed by atoms with E-state index in [4.69, 9.17) is 4.74 Å². The summed E-state index contributed by atoms with van der Waals surface area (Å²) in [6, 6.07) is 10.6. The Kier molecular flexibility index (Phi) is 6.91. The molecule has 1 aliphatic heterocycles. The molecule has 1 aliphatic rings. The number of nitrogens with zero attached hydrogens (tertiary/aromatic N) is 2. The van der Waals surface area contributed by atoms with Gasteiger partial charge in [-0.1, -0.05) is 12.1 Å². The number of aryl methyl sites for hydroxylation is 1. The van der Waals surface area contributed by atoms with Crippen LogP contribution in [-0.2, 0) is 10.0 Å². The Morgan fingerprint density at radius 2 is 1.74 bits per heavy atom. The molecule has 31 heavy (non-hydrogen) atoms. The normalized spacial score (nSPS) is 15.2. The van der Waals surface area contributed by atoms with Gasteiger partial charge in [0.1, 0.15) is 5.75 Å². The lowest BCUT2D eigenvalue weighted by Crippen LogP contribution is -2.48. The Morgan fingerprint density at radius 3 is 2.35 bits per heavy atom. The highest BCUT2D eigenvalue weighted by Crippen LogP contribution is 2.28. The fourth-order valence-corrected chi connectivity index (χ4v) is 5.21. The van der Waals surface area contributed by atoms with Gasteiger partial charge in [-0.05, 0) is 63.1 Å². The number of carbonyl (C=O) groups is 1. The summed E-state index contributed by atoms with van der Waals surface area (Å²) in [5, 5.41) is 2.79. The van der Waals surface area contributed by atoms with Crippen LogP contribution in [0.3, 0.4) is 0 Å². The van der Waals surface area contributed by atoms with Crippen molar-refractivity contribution in [3.8, 4) is 5.75 Å². The van der Waals surface area contributed by atoms with Crippen LogP contribution in [-0.4, -0.2) is 58.0 Å². The number of methoxy groups -OCH3 is 1. The predicted molar refractivity (Wildman–Crippen MR) is 122 cm³/mol. The minimum atomic E-state index is -3.72. The van der Waals surface area contributed by atoms with Gasteiger partial charge in [0.2, 0.25) is 10.0 Å². The third-order valence-electron chi connectivity index (χ3n) is 5.63. The molecule has 7 nitrogen and oxygen atoms in total. The Hall–Kier alpha value is -2.58. The largest absolute Gasteiger partial charge is 0.496 e. The highest BCUT2D eigenvalue weighted by Gasteiger charge is 2.30. The van der Waals surface area contributed by atoms with Gasteiger partial charge < -0.3 is 15.0 Å². The van der Waals surface area contributed by atoms with Gasteiger partial charge >= 0.3 is 0 Å². The SMILES string of the molecule is COc1ccc(S(=O)(=O)N2CCN(c3cccc(C)c3C)CC2)cc1C(=O)NC(C)C. The highest BCUT2D eigenvalue weighted by atomic mass is 32.2. The molecule has 0 spiro atoms. The number of rotatable bonds is 6. The summed E-state index contributed by atoms with van der Waals surface area (Å²) >= 11 is 0. The lowest BCUT2D eigenvalue weighted by atomic mass is 10.1. The van der Waals surface area contributed by atoms with Crippen LogP contribution < -0.4 is 15.0 Å². The van der Waals surface area contributed by atoms with Crippen molar-refractivity contribution >= 4 is 21.6 Å². The zero-order valence-electron chi connectivity index (χ0n) is 18.8. The summed E-state index contributed by atoms with van der Waals surface area (Å²) in [6.45, 7) is 9.86. The van der Waals surface area contributed by atoms with Crippen molar-refractivity contribution in [3.63, 3.8) is 0 Å². The van der Waals surface area contributed by atoms with Gasteiger partial charge in [-0.25, -0.2) is 8.42 Å². The first kappa shape index (κ1) is 23.1. The molecule has 0 aromatic heterocycles. The van der Waals surface area contributed by atoms with E-state index in [0.29, 0.717) is 31.9 Å². The smallest absolute Gasteiger partial charge is 0.255 e. The maximum Gasteiger partial charge on any atom is 0.255 e. The molecule has 1 fully saturated rings. The molecule has 0 aliphatic carbocycles. The lowest BCUT2D eigenvalue weighted by Gasteiger charge is -2.36. The van der Waals surface area contributed by atoms with E-state index >= 15 is 0 Å². The maximum atomic E-state index is 13.3. The first-order valence-corrected chi connectivity index (χ1v) is 11.9. The number of carbonyl (C=O) groups excluding carboxylic acids is 1. The molecule has 168 valence electrons. The molecule has 3 rings (SSSR count). The summed E-state index contributed by atoms with van der Waals surface area (Å²) in [5.74, 6) is -0.0134. The van der Waals surface area contributed by atoms with Crippen molar-refractivity contribution in [2.75, 3.05) is 38.2 Å². The van der Waals surface area contributed by atoms with Crippen LogP contribution in [0.5, 0.6) is 5.75 Å². The van der Waals surface area contributed by atoms with Crippen LogP contribution in [0.25, 0.3) is 0 Å². The van der Waals surface area contributed by atoms with Gasteiger partial charge in [0.15, 0.2) is 0 Å². The van der Waals surface area contributed by atoms with Gasteiger partial charge in [-0.2, -0.15) is 4.31 Å². The zero-order chi connectivity index (χ0) is 22.8. The summed E-state index contributed by atoms with van der Waals surface area (Å²) in [7, 11) is -2.26. The minimum Gasteiger partial charge on any atom is -0.496 e. The van der Waals surface area contributed by atoms with Crippen molar-refractivity contribution in [3.05, 3.63) is 53.1 Å². The molecule has 2 aromatic carbocycles. The number of hydrogen-bond acceptors (Lipinski definition) is 5. The highest BCUT2D eigenvalue weighted by molar-refractivity contribution is 7.89. The van der Waals surface area contributed by atoms with Gasteiger partial charge in [0, 0.05) is 37.9 Å². The van der Waals surface area contributed by atoms with Crippen molar-refractivity contribution < 1.29 is 17.9 Å². The van der Waals surface area contributed by atoms with Gasteiger partial charge in [0.05, 0.1) is 17.6 Å². The van der Waals surface area contributed by atoms with Gasteiger partial charge in [-0.15, -0.1) is 0 Å². The van der Waals surface area contributed by atoms with Crippen molar-refractivity contribution in [1.29, 1.82) is 0 Å². The second kappa shape index (κ2) is 9.28. The summed E-state index contributed by atoms with van der Waals surface area (Å²) in [4.78, 5) is 14.9. The van der Waals surface area contributed by atoms with Crippen LogP contribution in [0.4, 0.5) is 5.69 Å². The zero-order valence-corrected chi connectivity index (χ0v) is 19.6. The van der Waals surface area contributed by atoms with E-state index in [1.165, 1.54) is 40.7 Å². The van der Waals surface area contributed by atoms with E-state index in [-0.39, 0.29) is 22.4 Å². The van der Waals surface area contributed by atoms with E-state index in [2.05, 4.69) is 36.2 Å². The van der Waals surface area contributed by atoms with E-state index < -0.39 is 10.0 Å². The number of nitrogens with one attached hydrogen (secondary N) is 1. The Balaban J connectivity index is 1.81. The number of anilines is 1. The van der Waals surface area contributed by atoms with Crippen LogP contribution in [0.1, 0.15) is 35.3 Å². The predicted octanol–water partition coefficient (Wildman–Crippen LogP) is 2.96. The topological polar surface area (TPSA) is 79.0 Å². The summed E-state index contributed by atoms with van der Waals surface area (Å²) < 4.78 is 33.3. The number of benzene rings is 2. The summed E-state index contributed by atoms with van der Waals surface area (Å²) in [6.07, 6.45) is 0. The minimum absolute atomic E-state index is 0.0735. The van der Waals surface area contributed by atoms with E-state index in [1.54, 1.807) is 0 Å². The molecule has 0 bridgehead atoms. The molecule has 1 N–H and O–H groups in total. The molecule has 0 unspecified atom stereocenters. The third-order valence-corrected chi connectivity index (χ3v) is 7.52. The quantitative estimate of drug-likeness (QED) is 0.740. The Morgan fingerprint density at radius 1 is 1.06 bits per heavy atom. The Bertz CT molecular complexity index is 1060. The molecular weight excluding hydrogens is 414 g/mol. The van der Waals surface area contributed by atoms with Crippen molar-refractivity contribution in [2.24, 2.45) is 0 Å². The molecule has 8 heteroatoms. The number of hydrogen-bond donors (Lipinski definition) is 1. The van der Waals surface area contributed by atoms with E-state index in [9.17, 15) is 13.2 Å². The standard InChI is InChI=1S/C23H31N3O4S/c1-16(2)24-23(27)20-15-19(9-10-22(20)30-5)31(28,29)26-13-11-25(12-14-26)21-8-6-7-17(3)18(21)4/h6-10,15-16H,11-14H2,1-5H3,(H,24,27). The van der Waals surface area contributed by atoms with Gasteiger partial charge in [-0.3, -0.25) is 4.79 Å². The van der Waals surface area contributed by atoms with Crippen LogP contribution in [0.2, 0.25) is 0 Å². The van der Waals surface area contributed by atoms with E-state index in [0.717, 1.165) is 5.69 Å². The second-order valence-electron chi connectivity index (χ2n) is 8.10. The molecule has 0 atom stereocenters. The number of ether oxygens (including phenoxy) is 1. The molecule has 1 saturated heterocycles. The number of sulfonamides is 1. The lowest BCUT2D eigenvalue weighted by molar-refractivity contribution is 0.0940. The fourth-order valence-electron chi connectivity index (χ4n) is 3.76. The van der Waals surface area contributed by atoms with Crippen molar-refractivity contribution in [2.45, 2.75) is 38.6 Å².